The molecular formula is C21H21NO4S. The normalized spacial score (nSPS) is 12.5. The van der Waals surface area contributed by atoms with Gasteiger partial charge in [-0.3, -0.25) is 4.79 Å². The summed E-state index contributed by atoms with van der Waals surface area (Å²) in [5, 5.41) is 1.72. The maximum absolute atomic E-state index is 13.1. The van der Waals surface area contributed by atoms with Gasteiger partial charge in [0.15, 0.2) is 9.84 Å². The van der Waals surface area contributed by atoms with E-state index in [1.165, 1.54) is 18.4 Å². The molecule has 2 aromatic carbocycles. The van der Waals surface area contributed by atoms with Crippen LogP contribution < -0.4 is 5.32 Å². The first-order chi connectivity index (χ1) is 12.9. The number of hydrogen-bond acceptors (Lipinski definition) is 4. The molecule has 0 fully saturated rings. The highest BCUT2D eigenvalue weighted by Gasteiger charge is 2.31. The Morgan fingerprint density at radius 3 is 2.37 bits per heavy atom. The van der Waals surface area contributed by atoms with E-state index in [0.717, 1.165) is 11.1 Å². The maximum Gasteiger partial charge on any atom is 0.251 e. The third-order valence-electron chi connectivity index (χ3n) is 4.52. The Morgan fingerprint density at radius 1 is 1.00 bits per heavy atom. The minimum absolute atomic E-state index is 0.0868. The van der Waals surface area contributed by atoms with Crippen molar-refractivity contribution in [3.63, 3.8) is 0 Å². The third kappa shape index (κ3) is 4.11. The number of nitrogens with one attached hydrogen (secondary N) is 1. The minimum atomic E-state index is -3.73. The first-order valence-electron chi connectivity index (χ1n) is 8.57. The highest BCUT2D eigenvalue weighted by Crippen LogP contribution is 2.28. The summed E-state index contributed by atoms with van der Waals surface area (Å²) in [6.07, 6.45) is 1.42. The van der Waals surface area contributed by atoms with Gasteiger partial charge in [-0.1, -0.05) is 24.3 Å². The summed E-state index contributed by atoms with van der Waals surface area (Å²) < 4.78 is 31.5. The average molecular weight is 383 g/mol. The van der Waals surface area contributed by atoms with E-state index in [1.54, 1.807) is 42.5 Å². The molecule has 0 aliphatic carbocycles. The molecule has 0 radical (unpaired) electrons. The zero-order valence-electron chi connectivity index (χ0n) is 15.2. The summed E-state index contributed by atoms with van der Waals surface area (Å²) in [4.78, 5) is 12.7. The Bertz CT molecular complexity index is 1030. The summed E-state index contributed by atoms with van der Waals surface area (Å²) in [7, 11) is -3.73. The van der Waals surface area contributed by atoms with Crippen LogP contribution >= 0.6 is 0 Å². The van der Waals surface area contributed by atoms with Crippen LogP contribution in [0.2, 0.25) is 0 Å². The standard InChI is InChI=1S/C21H21NO4S/c1-15-10-11-17(13-16(15)2)21(23)22-14-20(19-9-6-12-26-19)27(24,25)18-7-4-3-5-8-18/h3-13,20H,14H2,1-2H3,(H,22,23)/t20-/m1/s1. The molecule has 0 unspecified atom stereocenters. The maximum atomic E-state index is 13.1. The smallest absolute Gasteiger partial charge is 0.251 e. The van der Waals surface area contributed by atoms with E-state index < -0.39 is 15.1 Å². The van der Waals surface area contributed by atoms with E-state index in [2.05, 4.69) is 5.32 Å². The lowest BCUT2D eigenvalue weighted by Crippen LogP contribution is -2.31. The number of amides is 1. The van der Waals surface area contributed by atoms with Crippen LogP contribution in [0.15, 0.2) is 76.2 Å². The first kappa shape index (κ1) is 18.9. The summed E-state index contributed by atoms with van der Waals surface area (Å²) in [6.45, 7) is 3.81. The highest BCUT2D eigenvalue weighted by atomic mass is 32.2. The van der Waals surface area contributed by atoms with E-state index in [0.29, 0.717) is 11.3 Å². The lowest BCUT2D eigenvalue weighted by molar-refractivity contribution is 0.0953. The summed E-state index contributed by atoms with van der Waals surface area (Å²) >= 11 is 0. The molecule has 0 aliphatic rings. The van der Waals surface area contributed by atoms with E-state index in [9.17, 15) is 13.2 Å². The molecule has 27 heavy (non-hydrogen) atoms. The lowest BCUT2D eigenvalue weighted by Gasteiger charge is -2.17. The molecule has 1 atom stereocenters. The molecule has 1 aromatic heterocycles. The molecule has 0 saturated carbocycles. The second-order valence-electron chi connectivity index (χ2n) is 6.37. The Labute approximate surface area is 159 Å². The van der Waals surface area contributed by atoms with Crippen molar-refractivity contribution in [2.24, 2.45) is 0 Å². The number of furan rings is 1. The van der Waals surface area contributed by atoms with Gasteiger partial charge in [0, 0.05) is 12.1 Å². The van der Waals surface area contributed by atoms with Gasteiger partial charge in [-0.25, -0.2) is 8.42 Å². The van der Waals surface area contributed by atoms with Gasteiger partial charge in [0.2, 0.25) is 0 Å². The Kier molecular flexibility index (Phi) is 5.46. The number of rotatable bonds is 6. The fourth-order valence-corrected chi connectivity index (χ4v) is 4.39. The monoisotopic (exact) mass is 383 g/mol. The van der Waals surface area contributed by atoms with Crippen molar-refractivity contribution in [2.75, 3.05) is 6.54 Å². The van der Waals surface area contributed by atoms with Gasteiger partial charge < -0.3 is 9.73 Å². The molecule has 1 N–H and O–H groups in total. The predicted octanol–water partition coefficient (Wildman–Crippen LogP) is 3.84. The highest BCUT2D eigenvalue weighted by molar-refractivity contribution is 7.91. The lowest BCUT2D eigenvalue weighted by atomic mass is 10.1. The molecule has 0 saturated heterocycles. The van der Waals surface area contributed by atoms with Crippen LogP contribution in [-0.2, 0) is 9.84 Å². The summed E-state index contributed by atoms with van der Waals surface area (Å²) in [5.41, 5.74) is 2.59. The SMILES string of the molecule is Cc1ccc(C(=O)NC[C@H](c2ccco2)S(=O)(=O)c2ccccc2)cc1C. The molecule has 3 aromatic rings. The number of carbonyl (C=O) groups is 1. The number of benzene rings is 2. The molecule has 0 bridgehead atoms. The molecule has 1 heterocycles. The predicted molar refractivity (Wildman–Crippen MR) is 103 cm³/mol. The Morgan fingerprint density at radius 2 is 1.74 bits per heavy atom. The Hall–Kier alpha value is -2.86. The average Bonchev–Trinajstić information content (AvgIpc) is 3.19. The third-order valence-corrected chi connectivity index (χ3v) is 6.60. The molecule has 1 amide bonds. The van der Waals surface area contributed by atoms with Gasteiger partial charge in [0.25, 0.3) is 5.91 Å². The van der Waals surface area contributed by atoms with Crippen LogP contribution in [0.1, 0.15) is 32.5 Å². The molecule has 5 nitrogen and oxygen atoms in total. The fourth-order valence-electron chi connectivity index (χ4n) is 2.78. The van der Waals surface area contributed by atoms with Gasteiger partial charge >= 0.3 is 0 Å². The van der Waals surface area contributed by atoms with E-state index in [4.69, 9.17) is 4.42 Å². The summed E-state index contributed by atoms with van der Waals surface area (Å²) in [5.74, 6) is -0.0304. The Balaban J connectivity index is 1.85. The number of aryl methyl sites for hydroxylation is 2. The molecule has 140 valence electrons. The number of sulfone groups is 1. The van der Waals surface area contributed by atoms with E-state index >= 15 is 0 Å². The van der Waals surface area contributed by atoms with Gasteiger partial charge in [-0.15, -0.1) is 0 Å². The molecule has 3 rings (SSSR count). The van der Waals surface area contributed by atoms with Gasteiger partial charge in [-0.2, -0.15) is 0 Å². The second-order valence-corrected chi connectivity index (χ2v) is 8.50. The first-order valence-corrected chi connectivity index (χ1v) is 10.1. The summed E-state index contributed by atoms with van der Waals surface area (Å²) in [6, 6.07) is 16.8. The molecule has 6 heteroatoms. The van der Waals surface area contributed by atoms with Crippen molar-refractivity contribution in [1.82, 2.24) is 5.32 Å². The van der Waals surface area contributed by atoms with E-state index in [-0.39, 0.29) is 17.3 Å². The molecule has 0 aliphatic heterocycles. The van der Waals surface area contributed by atoms with Gasteiger partial charge in [0.05, 0.1) is 11.2 Å². The van der Waals surface area contributed by atoms with Crippen molar-refractivity contribution in [1.29, 1.82) is 0 Å². The van der Waals surface area contributed by atoms with Gasteiger partial charge in [0.1, 0.15) is 11.0 Å². The van der Waals surface area contributed by atoms with Crippen LogP contribution in [-0.4, -0.2) is 20.9 Å². The zero-order valence-corrected chi connectivity index (χ0v) is 16.0. The van der Waals surface area contributed by atoms with Crippen molar-refractivity contribution in [3.8, 4) is 0 Å². The minimum Gasteiger partial charge on any atom is -0.468 e. The van der Waals surface area contributed by atoms with E-state index in [1.807, 2.05) is 19.9 Å². The van der Waals surface area contributed by atoms with Crippen molar-refractivity contribution in [3.05, 3.63) is 89.4 Å². The van der Waals surface area contributed by atoms with Crippen LogP contribution in [0.25, 0.3) is 0 Å². The van der Waals surface area contributed by atoms with Crippen molar-refractivity contribution < 1.29 is 17.6 Å². The van der Waals surface area contributed by atoms with Crippen LogP contribution in [0.3, 0.4) is 0 Å². The molecule has 0 spiro atoms. The number of hydrogen-bond donors (Lipinski definition) is 1. The zero-order chi connectivity index (χ0) is 19.4. The van der Waals surface area contributed by atoms with Crippen molar-refractivity contribution >= 4 is 15.7 Å². The van der Waals surface area contributed by atoms with Crippen LogP contribution in [0.5, 0.6) is 0 Å². The quantitative estimate of drug-likeness (QED) is 0.702. The second kappa shape index (κ2) is 7.80. The van der Waals surface area contributed by atoms with Gasteiger partial charge in [-0.05, 0) is 61.4 Å². The topological polar surface area (TPSA) is 76.4 Å². The van der Waals surface area contributed by atoms with Crippen molar-refractivity contribution in [2.45, 2.75) is 24.0 Å². The van der Waals surface area contributed by atoms with Crippen LogP contribution in [0, 0.1) is 13.8 Å². The largest absolute Gasteiger partial charge is 0.468 e. The molecular weight excluding hydrogens is 362 g/mol. The number of carbonyl (C=O) groups excluding carboxylic acids is 1. The van der Waals surface area contributed by atoms with Crippen LogP contribution in [0.4, 0.5) is 0 Å². The fraction of sp³-hybridized carbons (Fsp3) is 0.190.